The highest BCUT2D eigenvalue weighted by atomic mass is 16.3. The van der Waals surface area contributed by atoms with Crippen LogP contribution in [0.5, 0.6) is 5.75 Å². The van der Waals surface area contributed by atoms with E-state index < -0.39 is 0 Å². The van der Waals surface area contributed by atoms with Gasteiger partial charge in [0, 0.05) is 37.1 Å². The van der Waals surface area contributed by atoms with E-state index in [1.807, 2.05) is 44.4 Å². The molecule has 19 heavy (non-hydrogen) atoms. The molecule has 2 heterocycles. The van der Waals surface area contributed by atoms with Crippen molar-refractivity contribution in [3.05, 3.63) is 53.6 Å². The van der Waals surface area contributed by atoms with Crippen molar-refractivity contribution in [3.63, 3.8) is 0 Å². The van der Waals surface area contributed by atoms with Crippen molar-refractivity contribution in [1.82, 2.24) is 14.9 Å². The lowest BCUT2D eigenvalue weighted by Gasteiger charge is -2.16. The number of aryl methyl sites for hydroxylation is 1. The van der Waals surface area contributed by atoms with Crippen LogP contribution >= 0.6 is 0 Å². The van der Waals surface area contributed by atoms with Gasteiger partial charge in [0.1, 0.15) is 5.75 Å². The molecule has 4 nitrogen and oxygen atoms in total. The van der Waals surface area contributed by atoms with Gasteiger partial charge in [0.25, 0.3) is 0 Å². The zero-order valence-corrected chi connectivity index (χ0v) is 11.4. The Morgan fingerprint density at radius 1 is 1.21 bits per heavy atom. The fourth-order valence-corrected chi connectivity index (χ4v) is 1.91. The van der Waals surface area contributed by atoms with E-state index in [1.165, 1.54) is 0 Å². The highest BCUT2D eigenvalue weighted by Gasteiger charge is 2.07. The third-order valence-corrected chi connectivity index (χ3v) is 2.98. The summed E-state index contributed by atoms with van der Waals surface area (Å²) in [5, 5.41) is 9.77. The Morgan fingerprint density at radius 2 is 2.05 bits per heavy atom. The first-order chi connectivity index (χ1) is 9.15. The normalized spacial score (nSPS) is 10.9. The van der Waals surface area contributed by atoms with E-state index >= 15 is 0 Å². The molecule has 100 valence electrons. The van der Waals surface area contributed by atoms with E-state index in [0.717, 1.165) is 30.0 Å². The number of pyridine rings is 2. The summed E-state index contributed by atoms with van der Waals surface area (Å²) in [6.45, 7) is 3.45. The maximum atomic E-state index is 9.77. The lowest BCUT2D eigenvalue weighted by Crippen LogP contribution is -2.21. The molecular formula is C15H19N3O. The predicted molar refractivity (Wildman–Crippen MR) is 74.9 cm³/mol. The molecule has 0 unspecified atom stereocenters. The van der Waals surface area contributed by atoms with Crippen LogP contribution in [0, 0.1) is 6.92 Å². The maximum Gasteiger partial charge on any atom is 0.138 e. The third kappa shape index (κ3) is 4.03. The van der Waals surface area contributed by atoms with Gasteiger partial charge in [0.05, 0.1) is 5.69 Å². The number of aromatic hydroxyl groups is 1. The summed E-state index contributed by atoms with van der Waals surface area (Å²) >= 11 is 0. The fraction of sp³-hybridized carbons (Fsp3) is 0.333. The molecule has 2 aromatic heterocycles. The van der Waals surface area contributed by atoms with Gasteiger partial charge in [-0.1, -0.05) is 6.07 Å². The number of rotatable bonds is 5. The minimum absolute atomic E-state index is 0.260. The molecule has 1 N–H and O–H groups in total. The topological polar surface area (TPSA) is 49.2 Å². The minimum Gasteiger partial charge on any atom is -0.506 e. The van der Waals surface area contributed by atoms with Crippen molar-refractivity contribution in [3.8, 4) is 5.75 Å². The molecule has 0 aliphatic heterocycles. The number of aromatic nitrogens is 2. The van der Waals surface area contributed by atoms with Crippen LogP contribution in [0.3, 0.4) is 0 Å². The van der Waals surface area contributed by atoms with Crippen LogP contribution in [0.25, 0.3) is 0 Å². The van der Waals surface area contributed by atoms with Gasteiger partial charge in [-0.15, -0.1) is 0 Å². The lowest BCUT2D eigenvalue weighted by atomic mass is 10.2. The summed E-state index contributed by atoms with van der Waals surface area (Å²) < 4.78 is 0. The summed E-state index contributed by atoms with van der Waals surface area (Å²) in [5.41, 5.74) is 2.73. The standard InChI is InChI=1S/C15H19N3O/c1-12-6-7-15(19)14(17-12)11-18(2)10-8-13-5-3-4-9-16-13/h3-7,9,19H,8,10-11H2,1-2H3. The number of likely N-dealkylation sites (N-methyl/N-ethyl adjacent to an activating group) is 1. The van der Waals surface area contributed by atoms with Gasteiger partial charge in [-0.05, 0) is 38.2 Å². The summed E-state index contributed by atoms with van der Waals surface area (Å²) in [4.78, 5) is 10.8. The van der Waals surface area contributed by atoms with E-state index in [9.17, 15) is 5.11 Å². The fourth-order valence-electron chi connectivity index (χ4n) is 1.91. The van der Waals surface area contributed by atoms with Gasteiger partial charge in [0.2, 0.25) is 0 Å². The van der Waals surface area contributed by atoms with Crippen molar-refractivity contribution in [2.24, 2.45) is 0 Å². The minimum atomic E-state index is 0.260. The molecule has 0 aromatic carbocycles. The second kappa shape index (κ2) is 6.29. The van der Waals surface area contributed by atoms with E-state index in [0.29, 0.717) is 6.54 Å². The molecule has 0 saturated carbocycles. The number of hydrogen-bond acceptors (Lipinski definition) is 4. The molecule has 0 radical (unpaired) electrons. The number of nitrogens with zero attached hydrogens (tertiary/aromatic N) is 3. The zero-order valence-electron chi connectivity index (χ0n) is 11.4. The van der Waals surface area contributed by atoms with Gasteiger partial charge in [-0.25, -0.2) is 0 Å². The van der Waals surface area contributed by atoms with Crippen molar-refractivity contribution >= 4 is 0 Å². The van der Waals surface area contributed by atoms with E-state index in [4.69, 9.17) is 0 Å². The molecule has 0 spiro atoms. The molecule has 4 heteroatoms. The van der Waals surface area contributed by atoms with Gasteiger partial charge >= 0.3 is 0 Å². The van der Waals surface area contributed by atoms with Crippen LogP contribution in [-0.4, -0.2) is 33.6 Å². The van der Waals surface area contributed by atoms with Crippen LogP contribution in [0.15, 0.2) is 36.5 Å². The zero-order chi connectivity index (χ0) is 13.7. The summed E-state index contributed by atoms with van der Waals surface area (Å²) in [7, 11) is 2.02. The highest BCUT2D eigenvalue weighted by Crippen LogP contribution is 2.16. The smallest absolute Gasteiger partial charge is 0.138 e. The second-order valence-corrected chi connectivity index (χ2v) is 4.73. The van der Waals surface area contributed by atoms with Crippen LogP contribution < -0.4 is 0 Å². The first-order valence-electron chi connectivity index (χ1n) is 6.39. The lowest BCUT2D eigenvalue weighted by molar-refractivity contribution is 0.318. The molecule has 0 amide bonds. The van der Waals surface area contributed by atoms with Crippen molar-refractivity contribution in [2.75, 3.05) is 13.6 Å². The molecule has 0 aliphatic carbocycles. The van der Waals surface area contributed by atoms with Gasteiger partial charge in [0.15, 0.2) is 0 Å². The maximum absolute atomic E-state index is 9.77. The Kier molecular flexibility index (Phi) is 4.47. The van der Waals surface area contributed by atoms with Crippen LogP contribution in [0.2, 0.25) is 0 Å². The van der Waals surface area contributed by atoms with Crippen molar-refractivity contribution < 1.29 is 5.11 Å². The van der Waals surface area contributed by atoms with Crippen LogP contribution in [0.1, 0.15) is 17.1 Å². The van der Waals surface area contributed by atoms with E-state index in [1.54, 1.807) is 6.07 Å². The Balaban J connectivity index is 1.90. The van der Waals surface area contributed by atoms with Gasteiger partial charge < -0.3 is 10.0 Å². The van der Waals surface area contributed by atoms with Gasteiger partial charge in [-0.3, -0.25) is 9.97 Å². The van der Waals surface area contributed by atoms with E-state index in [-0.39, 0.29) is 5.75 Å². The average molecular weight is 257 g/mol. The number of hydrogen-bond donors (Lipinski definition) is 1. The van der Waals surface area contributed by atoms with Crippen molar-refractivity contribution in [2.45, 2.75) is 19.9 Å². The monoisotopic (exact) mass is 257 g/mol. The molecule has 0 atom stereocenters. The Hall–Kier alpha value is -1.94. The average Bonchev–Trinajstić information content (AvgIpc) is 2.42. The Labute approximate surface area is 113 Å². The van der Waals surface area contributed by atoms with Crippen molar-refractivity contribution in [1.29, 1.82) is 0 Å². The van der Waals surface area contributed by atoms with E-state index in [2.05, 4.69) is 14.9 Å². The largest absolute Gasteiger partial charge is 0.506 e. The molecule has 0 aliphatic rings. The Morgan fingerprint density at radius 3 is 2.79 bits per heavy atom. The predicted octanol–water partition coefficient (Wildman–Crippen LogP) is 2.17. The second-order valence-electron chi connectivity index (χ2n) is 4.73. The SMILES string of the molecule is Cc1ccc(O)c(CN(C)CCc2ccccn2)n1. The molecule has 0 bridgehead atoms. The quantitative estimate of drug-likeness (QED) is 0.891. The first kappa shape index (κ1) is 13.5. The van der Waals surface area contributed by atoms with Crippen LogP contribution in [-0.2, 0) is 13.0 Å². The molecular weight excluding hydrogens is 238 g/mol. The molecule has 2 aromatic rings. The van der Waals surface area contributed by atoms with Crippen LogP contribution in [0.4, 0.5) is 0 Å². The highest BCUT2D eigenvalue weighted by molar-refractivity contribution is 5.27. The molecule has 0 fully saturated rings. The third-order valence-electron chi connectivity index (χ3n) is 2.98. The summed E-state index contributed by atoms with van der Waals surface area (Å²) in [6, 6.07) is 9.45. The first-order valence-corrected chi connectivity index (χ1v) is 6.39. The Bertz CT molecular complexity index is 528. The summed E-state index contributed by atoms with van der Waals surface area (Å²) in [5.74, 6) is 0.260. The summed E-state index contributed by atoms with van der Waals surface area (Å²) in [6.07, 6.45) is 2.70. The van der Waals surface area contributed by atoms with Gasteiger partial charge in [-0.2, -0.15) is 0 Å². The molecule has 0 saturated heterocycles. The molecule has 2 rings (SSSR count).